The van der Waals surface area contributed by atoms with Crippen molar-refractivity contribution < 1.29 is 15.0 Å². The van der Waals surface area contributed by atoms with Crippen molar-refractivity contribution in [3.05, 3.63) is 52.0 Å². The largest absolute Gasteiger partial charge is 0.506 e. The van der Waals surface area contributed by atoms with Gasteiger partial charge in [0, 0.05) is 22.0 Å². The first-order chi connectivity index (χ1) is 10.4. The van der Waals surface area contributed by atoms with Gasteiger partial charge in [-0.1, -0.05) is 23.2 Å². The molecule has 2 rings (SSSR count). The normalized spacial score (nSPS) is 11.8. The number of aliphatic hydroxyl groups is 1. The van der Waals surface area contributed by atoms with Gasteiger partial charge in [-0.2, -0.15) is 0 Å². The average Bonchev–Trinajstić information content (AvgIpc) is 2.44. The number of aliphatic hydroxyl groups excluding tert-OH is 1. The van der Waals surface area contributed by atoms with Crippen molar-refractivity contribution in [3.8, 4) is 5.75 Å². The quantitative estimate of drug-likeness (QED) is 0.625. The monoisotopic (exact) mass is 340 g/mol. The van der Waals surface area contributed by atoms with Gasteiger partial charge < -0.3 is 20.8 Å². The lowest BCUT2D eigenvalue weighted by atomic mass is 10.1. The highest BCUT2D eigenvalue weighted by atomic mass is 35.5. The van der Waals surface area contributed by atoms with Crippen LogP contribution < -0.4 is 10.6 Å². The van der Waals surface area contributed by atoms with Crippen molar-refractivity contribution in [2.24, 2.45) is 0 Å². The van der Waals surface area contributed by atoms with E-state index in [0.717, 1.165) is 0 Å². The molecule has 0 aromatic heterocycles. The van der Waals surface area contributed by atoms with Gasteiger partial charge in [-0.25, -0.2) is 4.79 Å². The van der Waals surface area contributed by atoms with Crippen LogP contribution in [0, 0.1) is 0 Å². The Bertz CT molecular complexity index is 688. The van der Waals surface area contributed by atoms with Crippen molar-refractivity contribution in [2.45, 2.75) is 13.0 Å². The second-order valence-electron chi connectivity index (χ2n) is 4.66. The van der Waals surface area contributed by atoms with E-state index in [2.05, 4.69) is 10.6 Å². The third-order valence-corrected chi connectivity index (χ3v) is 3.44. The number of rotatable bonds is 3. The average molecular weight is 341 g/mol. The van der Waals surface area contributed by atoms with Gasteiger partial charge in [0.2, 0.25) is 0 Å². The molecule has 0 fully saturated rings. The molecule has 116 valence electrons. The summed E-state index contributed by atoms with van der Waals surface area (Å²) in [5.41, 5.74) is 1.15. The molecule has 22 heavy (non-hydrogen) atoms. The standard InChI is InChI=1S/C15H14Cl2N2O3/c1-8(20)12-6-11(7-13(17)14(12)21)19-15(22)18-10-4-2-9(16)3-5-10/h2-8,20-21H,1H3,(H2,18,19,22). The van der Waals surface area contributed by atoms with E-state index in [-0.39, 0.29) is 16.3 Å². The fourth-order valence-corrected chi connectivity index (χ4v) is 2.19. The first kappa shape index (κ1) is 16.4. The number of hydrogen-bond acceptors (Lipinski definition) is 3. The van der Waals surface area contributed by atoms with E-state index >= 15 is 0 Å². The van der Waals surface area contributed by atoms with E-state index in [4.69, 9.17) is 23.2 Å². The van der Waals surface area contributed by atoms with Crippen LogP contribution in [0.3, 0.4) is 0 Å². The number of halogens is 2. The number of phenolic OH excluding ortho intramolecular Hbond substituents is 1. The molecule has 0 spiro atoms. The van der Waals surface area contributed by atoms with Crippen LogP contribution in [0.2, 0.25) is 10.0 Å². The lowest BCUT2D eigenvalue weighted by Crippen LogP contribution is -2.19. The number of nitrogens with one attached hydrogen (secondary N) is 2. The summed E-state index contributed by atoms with van der Waals surface area (Å²) in [5.74, 6) is -0.208. The van der Waals surface area contributed by atoms with Gasteiger partial charge in [0.05, 0.1) is 11.1 Å². The van der Waals surface area contributed by atoms with E-state index in [1.807, 2.05) is 0 Å². The first-order valence-electron chi connectivity index (χ1n) is 6.41. The van der Waals surface area contributed by atoms with E-state index in [1.54, 1.807) is 24.3 Å². The summed E-state index contributed by atoms with van der Waals surface area (Å²) in [6, 6.07) is 8.98. The molecule has 7 heteroatoms. The fourth-order valence-electron chi connectivity index (χ4n) is 1.84. The Hall–Kier alpha value is -1.95. The maximum Gasteiger partial charge on any atom is 0.323 e. The molecule has 2 amide bonds. The van der Waals surface area contributed by atoms with Gasteiger partial charge in [-0.05, 0) is 43.3 Å². The van der Waals surface area contributed by atoms with E-state index in [1.165, 1.54) is 19.1 Å². The lowest BCUT2D eigenvalue weighted by Gasteiger charge is -2.13. The zero-order chi connectivity index (χ0) is 16.3. The first-order valence-corrected chi connectivity index (χ1v) is 7.16. The molecule has 0 radical (unpaired) electrons. The predicted octanol–water partition coefficient (Wildman–Crippen LogP) is 4.40. The number of carbonyl (C=O) groups excluding carboxylic acids is 1. The van der Waals surface area contributed by atoms with Gasteiger partial charge >= 0.3 is 6.03 Å². The molecule has 0 bridgehead atoms. The number of hydrogen-bond donors (Lipinski definition) is 4. The highest BCUT2D eigenvalue weighted by Crippen LogP contribution is 2.34. The highest BCUT2D eigenvalue weighted by molar-refractivity contribution is 6.32. The topological polar surface area (TPSA) is 81.6 Å². The molecule has 0 aliphatic heterocycles. The Kier molecular flexibility index (Phi) is 5.13. The SMILES string of the molecule is CC(O)c1cc(NC(=O)Nc2ccc(Cl)cc2)cc(Cl)c1O. The summed E-state index contributed by atoms with van der Waals surface area (Å²) < 4.78 is 0. The maximum absolute atomic E-state index is 11.9. The molecule has 1 unspecified atom stereocenters. The number of benzene rings is 2. The van der Waals surface area contributed by atoms with Crippen molar-refractivity contribution in [1.29, 1.82) is 0 Å². The maximum atomic E-state index is 11.9. The lowest BCUT2D eigenvalue weighted by molar-refractivity contribution is 0.195. The van der Waals surface area contributed by atoms with Crippen LogP contribution in [0.15, 0.2) is 36.4 Å². The Labute approximate surface area is 137 Å². The van der Waals surface area contributed by atoms with Crippen LogP contribution in [0.5, 0.6) is 5.75 Å². The van der Waals surface area contributed by atoms with Crippen molar-refractivity contribution in [1.82, 2.24) is 0 Å². The second kappa shape index (κ2) is 6.87. The Balaban J connectivity index is 2.13. The summed E-state index contributed by atoms with van der Waals surface area (Å²) in [7, 11) is 0. The smallest absolute Gasteiger partial charge is 0.323 e. The molecule has 2 aromatic carbocycles. The number of carbonyl (C=O) groups is 1. The minimum absolute atomic E-state index is 0.0418. The van der Waals surface area contributed by atoms with Crippen LogP contribution in [0.4, 0.5) is 16.2 Å². The minimum Gasteiger partial charge on any atom is -0.506 e. The summed E-state index contributed by atoms with van der Waals surface area (Å²) in [4.78, 5) is 11.9. The zero-order valence-electron chi connectivity index (χ0n) is 11.6. The molecule has 0 aliphatic rings. The molecule has 0 aliphatic carbocycles. The van der Waals surface area contributed by atoms with E-state index in [0.29, 0.717) is 16.4 Å². The summed E-state index contributed by atoms with van der Waals surface area (Å²) in [6.45, 7) is 1.49. The summed E-state index contributed by atoms with van der Waals surface area (Å²) >= 11 is 11.6. The van der Waals surface area contributed by atoms with Gasteiger partial charge in [0.15, 0.2) is 0 Å². The molecule has 0 saturated heterocycles. The zero-order valence-corrected chi connectivity index (χ0v) is 13.1. The molecule has 4 N–H and O–H groups in total. The van der Waals surface area contributed by atoms with Gasteiger partial charge in [-0.15, -0.1) is 0 Å². The summed E-state index contributed by atoms with van der Waals surface area (Å²) in [5, 5.41) is 25.2. The molecular weight excluding hydrogens is 327 g/mol. The van der Waals surface area contributed by atoms with Gasteiger partial charge in [0.1, 0.15) is 5.75 Å². The van der Waals surface area contributed by atoms with Crippen LogP contribution in [-0.2, 0) is 0 Å². The van der Waals surface area contributed by atoms with Crippen LogP contribution in [0.25, 0.3) is 0 Å². The Morgan fingerprint density at radius 2 is 1.68 bits per heavy atom. The minimum atomic E-state index is -0.918. The number of phenols is 1. The number of anilines is 2. The second-order valence-corrected chi connectivity index (χ2v) is 5.50. The number of aromatic hydroxyl groups is 1. The molecule has 1 atom stereocenters. The Morgan fingerprint density at radius 1 is 1.09 bits per heavy atom. The molecule has 0 heterocycles. The van der Waals surface area contributed by atoms with Crippen molar-refractivity contribution >= 4 is 40.6 Å². The van der Waals surface area contributed by atoms with Gasteiger partial charge in [-0.3, -0.25) is 0 Å². The molecule has 5 nitrogen and oxygen atoms in total. The van der Waals surface area contributed by atoms with E-state index in [9.17, 15) is 15.0 Å². The van der Waals surface area contributed by atoms with E-state index < -0.39 is 12.1 Å². The fraction of sp³-hybridized carbons (Fsp3) is 0.133. The Morgan fingerprint density at radius 3 is 2.27 bits per heavy atom. The predicted molar refractivity (Wildman–Crippen MR) is 87.8 cm³/mol. The van der Waals surface area contributed by atoms with Crippen LogP contribution >= 0.6 is 23.2 Å². The third kappa shape index (κ3) is 4.04. The highest BCUT2D eigenvalue weighted by Gasteiger charge is 2.14. The van der Waals surface area contributed by atoms with Crippen LogP contribution in [0.1, 0.15) is 18.6 Å². The molecular formula is C15H14Cl2N2O3. The molecule has 0 saturated carbocycles. The molecule has 2 aromatic rings. The number of amides is 2. The summed E-state index contributed by atoms with van der Waals surface area (Å²) in [6.07, 6.45) is -0.918. The van der Waals surface area contributed by atoms with Gasteiger partial charge in [0.25, 0.3) is 0 Å². The van der Waals surface area contributed by atoms with Crippen molar-refractivity contribution in [3.63, 3.8) is 0 Å². The van der Waals surface area contributed by atoms with Crippen LogP contribution in [-0.4, -0.2) is 16.2 Å². The van der Waals surface area contributed by atoms with Crippen molar-refractivity contribution in [2.75, 3.05) is 10.6 Å². The number of urea groups is 1. The third-order valence-electron chi connectivity index (χ3n) is 2.90.